The summed E-state index contributed by atoms with van der Waals surface area (Å²) in [7, 11) is 0. The average molecular weight is 187 g/mol. The van der Waals surface area contributed by atoms with Gasteiger partial charge in [-0.1, -0.05) is 11.6 Å². The quantitative estimate of drug-likeness (QED) is 0.729. The first kappa shape index (κ1) is 7.61. The predicted octanol–water partition coefficient (Wildman–Crippen LogP) is 1.94. The standard InChI is InChI=1S/C7H7ClN2O2/c8-5-3-9-10(7(11)12)6(5)4-1-2-4/h3-4H,1-2H2,(H,11,12). The molecule has 4 nitrogen and oxygen atoms in total. The third-order valence-electron chi connectivity index (χ3n) is 1.90. The lowest BCUT2D eigenvalue weighted by Gasteiger charge is -1.98. The van der Waals surface area contributed by atoms with Crippen molar-refractivity contribution < 1.29 is 9.90 Å². The van der Waals surface area contributed by atoms with Crippen LogP contribution < -0.4 is 0 Å². The Morgan fingerprint density at radius 3 is 2.92 bits per heavy atom. The fraction of sp³-hybridized carbons (Fsp3) is 0.429. The van der Waals surface area contributed by atoms with Gasteiger partial charge in [0.05, 0.1) is 16.9 Å². The van der Waals surface area contributed by atoms with Gasteiger partial charge in [0.25, 0.3) is 0 Å². The second-order valence-corrected chi connectivity index (χ2v) is 3.25. The molecule has 1 N–H and O–H groups in total. The molecule has 1 aromatic rings. The van der Waals surface area contributed by atoms with Crippen molar-refractivity contribution in [2.75, 3.05) is 0 Å². The SMILES string of the molecule is O=C(O)n1ncc(Cl)c1C1CC1. The zero-order valence-electron chi connectivity index (χ0n) is 6.20. The topological polar surface area (TPSA) is 55.1 Å². The van der Waals surface area contributed by atoms with Crippen molar-refractivity contribution in [3.05, 3.63) is 16.9 Å². The van der Waals surface area contributed by atoms with Gasteiger partial charge >= 0.3 is 6.09 Å². The van der Waals surface area contributed by atoms with Gasteiger partial charge in [-0.2, -0.15) is 9.78 Å². The molecule has 5 heteroatoms. The largest absolute Gasteiger partial charge is 0.463 e. The van der Waals surface area contributed by atoms with Crippen LogP contribution in [-0.2, 0) is 0 Å². The molecule has 1 heterocycles. The van der Waals surface area contributed by atoms with Crippen LogP contribution in [0, 0.1) is 0 Å². The van der Waals surface area contributed by atoms with Gasteiger partial charge in [0.15, 0.2) is 0 Å². The summed E-state index contributed by atoms with van der Waals surface area (Å²) in [6.45, 7) is 0. The number of carbonyl (C=O) groups is 1. The maximum Gasteiger partial charge on any atom is 0.432 e. The summed E-state index contributed by atoms with van der Waals surface area (Å²) < 4.78 is 0.958. The third-order valence-corrected chi connectivity index (χ3v) is 2.20. The third kappa shape index (κ3) is 1.08. The van der Waals surface area contributed by atoms with Crippen LogP contribution in [0.5, 0.6) is 0 Å². The minimum absolute atomic E-state index is 0.302. The molecule has 0 radical (unpaired) electrons. The van der Waals surface area contributed by atoms with Crippen molar-refractivity contribution in [1.29, 1.82) is 0 Å². The van der Waals surface area contributed by atoms with Gasteiger partial charge in [-0.05, 0) is 12.8 Å². The lowest BCUT2D eigenvalue weighted by molar-refractivity contribution is 0.191. The zero-order chi connectivity index (χ0) is 8.72. The zero-order valence-corrected chi connectivity index (χ0v) is 6.95. The smallest absolute Gasteiger partial charge is 0.432 e. The second kappa shape index (κ2) is 2.48. The molecular weight excluding hydrogens is 180 g/mol. The van der Waals surface area contributed by atoms with E-state index in [-0.39, 0.29) is 0 Å². The molecule has 0 spiro atoms. The number of nitrogens with zero attached hydrogens (tertiary/aromatic N) is 2. The summed E-state index contributed by atoms with van der Waals surface area (Å²) in [5.41, 5.74) is 0.643. The van der Waals surface area contributed by atoms with Crippen molar-refractivity contribution in [3.63, 3.8) is 0 Å². The number of carboxylic acid groups (broad SMARTS) is 1. The van der Waals surface area contributed by atoms with E-state index in [9.17, 15) is 4.79 Å². The molecule has 64 valence electrons. The Balaban J connectivity index is 2.46. The number of rotatable bonds is 1. The van der Waals surface area contributed by atoms with Crippen molar-refractivity contribution in [2.45, 2.75) is 18.8 Å². The highest BCUT2D eigenvalue weighted by Crippen LogP contribution is 2.42. The summed E-state index contributed by atoms with van der Waals surface area (Å²) in [5, 5.41) is 12.8. The Hall–Kier alpha value is -1.03. The van der Waals surface area contributed by atoms with Gasteiger partial charge in [0.2, 0.25) is 0 Å². The summed E-state index contributed by atoms with van der Waals surface area (Å²) >= 11 is 5.78. The lowest BCUT2D eigenvalue weighted by Crippen LogP contribution is -2.12. The Kier molecular flexibility index (Phi) is 1.58. The molecule has 1 saturated carbocycles. The van der Waals surface area contributed by atoms with E-state index in [0.717, 1.165) is 17.5 Å². The molecule has 0 unspecified atom stereocenters. The Morgan fingerprint density at radius 1 is 1.75 bits per heavy atom. The fourth-order valence-corrected chi connectivity index (χ4v) is 1.49. The number of hydrogen-bond acceptors (Lipinski definition) is 2. The van der Waals surface area contributed by atoms with Crippen LogP contribution in [0.1, 0.15) is 24.5 Å². The first-order valence-electron chi connectivity index (χ1n) is 3.67. The number of halogens is 1. The minimum atomic E-state index is -1.07. The molecule has 0 bridgehead atoms. The molecule has 0 saturated heterocycles. The number of aromatic nitrogens is 2. The van der Waals surface area contributed by atoms with Gasteiger partial charge in [0, 0.05) is 5.92 Å². The Bertz CT molecular complexity index is 330. The lowest BCUT2D eigenvalue weighted by atomic mass is 10.3. The molecule has 0 aliphatic heterocycles. The summed E-state index contributed by atoms with van der Waals surface area (Å²) in [4.78, 5) is 10.6. The van der Waals surface area contributed by atoms with Gasteiger partial charge in [-0.15, -0.1) is 0 Å². The minimum Gasteiger partial charge on any atom is -0.463 e. The van der Waals surface area contributed by atoms with Crippen molar-refractivity contribution in [2.24, 2.45) is 0 Å². The van der Waals surface area contributed by atoms with Crippen LogP contribution in [0.25, 0.3) is 0 Å². The Morgan fingerprint density at radius 2 is 2.42 bits per heavy atom. The summed E-state index contributed by atoms with van der Waals surface area (Å²) in [5.74, 6) is 0.302. The van der Waals surface area contributed by atoms with Crippen LogP contribution in [0.3, 0.4) is 0 Å². The molecule has 0 amide bonds. The molecule has 1 aromatic heterocycles. The van der Waals surface area contributed by atoms with E-state index in [1.807, 2.05) is 0 Å². The average Bonchev–Trinajstić information content (AvgIpc) is 2.75. The van der Waals surface area contributed by atoms with E-state index in [1.165, 1.54) is 6.20 Å². The van der Waals surface area contributed by atoms with Gasteiger partial charge in [0.1, 0.15) is 0 Å². The summed E-state index contributed by atoms with van der Waals surface area (Å²) in [6.07, 6.45) is 2.34. The van der Waals surface area contributed by atoms with Crippen LogP contribution in [-0.4, -0.2) is 21.0 Å². The van der Waals surface area contributed by atoms with Gasteiger partial charge in [-0.25, -0.2) is 4.79 Å². The van der Waals surface area contributed by atoms with E-state index < -0.39 is 6.09 Å². The first-order valence-corrected chi connectivity index (χ1v) is 4.04. The molecule has 1 aliphatic rings. The molecule has 12 heavy (non-hydrogen) atoms. The summed E-state index contributed by atoms with van der Waals surface area (Å²) in [6, 6.07) is 0. The fourth-order valence-electron chi connectivity index (χ4n) is 1.22. The van der Waals surface area contributed by atoms with Crippen molar-refractivity contribution >= 4 is 17.7 Å². The molecule has 2 rings (SSSR count). The first-order chi connectivity index (χ1) is 5.70. The maximum atomic E-state index is 10.6. The number of hydrogen-bond donors (Lipinski definition) is 1. The van der Waals surface area contributed by atoms with Gasteiger partial charge < -0.3 is 5.11 Å². The monoisotopic (exact) mass is 186 g/mol. The highest BCUT2D eigenvalue weighted by Gasteiger charge is 2.31. The molecule has 1 aliphatic carbocycles. The van der Waals surface area contributed by atoms with Crippen LogP contribution in [0.4, 0.5) is 4.79 Å². The van der Waals surface area contributed by atoms with E-state index in [1.54, 1.807) is 0 Å². The molecular formula is C7H7ClN2O2. The van der Waals surface area contributed by atoms with Gasteiger partial charge in [-0.3, -0.25) is 0 Å². The van der Waals surface area contributed by atoms with Crippen molar-refractivity contribution in [3.8, 4) is 0 Å². The van der Waals surface area contributed by atoms with E-state index >= 15 is 0 Å². The highest BCUT2D eigenvalue weighted by molar-refractivity contribution is 6.31. The van der Waals surface area contributed by atoms with E-state index in [4.69, 9.17) is 16.7 Å². The second-order valence-electron chi connectivity index (χ2n) is 2.85. The van der Waals surface area contributed by atoms with Crippen LogP contribution in [0.2, 0.25) is 5.02 Å². The maximum absolute atomic E-state index is 10.6. The van der Waals surface area contributed by atoms with Crippen LogP contribution >= 0.6 is 11.6 Å². The highest BCUT2D eigenvalue weighted by atomic mass is 35.5. The van der Waals surface area contributed by atoms with E-state index in [0.29, 0.717) is 16.6 Å². The predicted molar refractivity (Wildman–Crippen MR) is 42.6 cm³/mol. The van der Waals surface area contributed by atoms with E-state index in [2.05, 4.69) is 5.10 Å². The normalized spacial score (nSPS) is 16.4. The molecule has 1 fully saturated rings. The molecule has 0 aromatic carbocycles. The Labute approximate surface area is 73.8 Å². The van der Waals surface area contributed by atoms with Crippen LogP contribution in [0.15, 0.2) is 6.20 Å². The molecule has 0 atom stereocenters. The van der Waals surface area contributed by atoms with Crippen molar-refractivity contribution in [1.82, 2.24) is 9.78 Å².